The van der Waals surface area contributed by atoms with E-state index in [-0.39, 0.29) is 12.4 Å². The fourth-order valence-corrected chi connectivity index (χ4v) is 3.88. The fourth-order valence-electron chi connectivity index (χ4n) is 3.88. The summed E-state index contributed by atoms with van der Waals surface area (Å²) in [6.45, 7) is 8.17. The molecule has 0 bridgehead atoms. The highest BCUT2D eigenvalue weighted by molar-refractivity contribution is 5.85. The molecule has 0 saturated carbocycles. The van der Waals surface area contributed by atoms with Crippen LogP contribution in [0.3, 0.4) is 0 Å². The van der Waals surface area contributed by atoms with Gasteiger partial charge >= 0.3 is 0 Å². The first-order chi connectivity index (χ1) is 12.8. The number of rotatable bonds is 22. The van der Waals surface area contributed by atoms with Crippen molar-refractivity contribution in [1.82, 2.24) is 5.32 Å². The molecule has 0 amide bonds. The zero-order valence-electron chi connectivity index (χ0n) is 19.3. The van der Waals surface area contributed by atoms with Gasteiger partial charge < -0.3 is 5.32 Å². The van der Waals surface area contributed by atoms with E-state index in [0.29, 0.717) is 0 Å². The second-order valence-corrected chi connectivity index (χ2v) is 8.53. The number of hydrogen-bond acceptors (Lipinski definition) is 1. The van der Waals surface area contributed by atoms with E-state index < -0.39 is 0 Å². The zero-order valence-corrected chi connectivity index (χ0v) is 20.2. The molecule has 0 fully saturated rings. The average molecular weight is 404 g/mol. The quantitative estimate of drug-likeness (QED) is 0.177. The molecule has 0 rings (SSSR count). The van der Waals surface area contributed by atoms with Crippen molar-refractivity contribution in [3.8, 4) is 0 Å². The van der Waals surface area contributed by atoms with Crippen LogP contribution in [-0.2, 0) is 0 Å². The van der Waals surface area contributed by atoms with E-state index in [4.69, 9.17) is 0 Å². The SMILES string of the molecule is CCCCCCCCCCCCCCCCNC(CCCC)CCCC.Cl. The van der Waals surface area contributed by atoms with Gasteiger partial charge in [0.25, 0.3) is 0 Å². The van der Waals surface area contributed by atoms with Crippen molar-refractivity contribution in [2.24, 2.45) is 0 Å². The van der Waals surface area contributed by atoms with Crippen LogP contribution in [0.1, 0.15) is 149 Å². The van der Waals surface area contributed by atoms with E-state index in [2.05, 4.69) is 26.1 Å². The minimum Gasteiger partial charge on any atom is -0.314 e. The van der Waals surface area contributed by atoms with Gasteiger partial charge in [0, 0.05) is 6.04 Å². The molecule has 0 aromatic rings. The van der Waals surface area contributed by atoms with Crippen LogP contribution in [0.25, 0.3) is 0 Å². The number of unbranched alkanes of at least 4 members (excludes halogenated alkanes) is 15. The summed E-state index contributed by atoms with van der Waals surface area (Å²) in [7, 11) is 0. The van der Waals surface area contributed by atoms with Crippen molar-refractivity contribution >= 4 is 12.4 Å². The van der Waals surface area contributed by atoms with Gasteiger partial charge in [0.15, 0.2) is 0 Å². The predicted molar refractivity (Wildman–Crippen MR) is 128 cm³/mol. The molecule has 1 nitrogen and oxygen atoms in total. The highest BCUT2D eigenvalue weighted by Crippen LogP contribution is 2.13. The van der Waals surface area contributed by atoms with E-state index in [1.54, 1.807) is 0 Å². The van der Waals surface area contributed by atoms with Crippen LogP contribution in [-0.4, -0.2) is 12.6 Å². The lowest BCUT2D eigenvalue weighted by Crippen LogP contribution is -2.29. The van der Waals surface area contributed by atoms with Gasteiger partial charge in [-0.25, -0.2) is 0 Å². The van der Waals surface area contributed by atoms with Crippen LogP contribution in [0, 0.1) is 0 Å². The maximum absolute atomic E-state index is 3.83. The van der Waals surface area contributed by atoms with Crippen LogP contribution in [0.5, 0.6) is 0 Å². The Bertz CT molecular complexity index is 236. The minimum atomic E-state index is 0. The van der Waals surface area contributed by atoms with E-state index in [1.165, 1.54) is 135 Å². The van der Waals surface area contributed by atoms with E-state index in [9.17, 15) is 0 Å². The Morgan fingerprint density at radius 3 is 1.15 bits per heavy atom. The molecule has 1 N–H and O–H groups in total. The number of nitrogens with one attached hydrogen (secondary N) is 1. The molecule has 2 heteroatoms. The van der Waals surface area contributed by atoms with Crippen molar-refractivity contribution in [2.45, 2.75) is 155 Å². The maximum Gasteiger partial charge on any atom is 0.00670 e. The summed E-state index contributed by atoms with van der Waals surface area (Å²) in [5, 5.41) is 3.83. The summed E-state index contributed by atoms with van der Waals surface area (Å²) in [6, 6.07) is 0.789. The molecule has 0 atom stereocenters. The Kier molecular flexibility index (Phi) is 28.6. The molecule has 0 spiro atoms. The lowest BCUT2D eigenvalue weighted by molar-refractivity contribution is 0.418. The summed E-state index contributed by atoms with van der Waals surface area (Å²) < 4.78 is 0. The highest BCUT2D eigenvalue weighted by atomic mass is 35.5. The molecule has 166 valence electrons. The minimum absolute atomic E-state index is 0. The fraction of sp³-hybridized carbons (Fsp3) is 1.00. The topological polar surface area (TPSA) is 12.0 Å². The summed E-state index contributed by atoms with van der Waals surface area (Å²) in [5.74, 6) is 0. The molecule has 0 heterocycles. The smallest absolute Gasteiger partial charge is 0.00670 e. The largest absolute Gasteiger partial charge is 0.314 e. The van der Waals surface area contributed by atoms with Crippen molar-refractivity contribution in [3.05, 3.63) is 0 Å². The van der Waals surface area contributed by atoms with Crippen molar-refractivity contribution in [3.63, 3.8) is 0 Å². The summed E-state index contributed by atoms with van der Waals surface area (Å²) in [4.78, 5) is 0. The normalized spacial score (nSPS) is 11.1. The lowest BCUT2D eigenvalue weighted by atomic mass is 10.0. The third-order valence-corrected chi connectivity index (χ3v) is 5.78. The third-order valence-electron chi connectivity index (χ3n) is 5.78. The van der Waals surface area contributed by atoms with Crippen LogP contribution in [0.15, 0.2) is 0 Å². The van der Waals surface area contributed by atoms with E-state index >= 15 is 0 Å². The maximum atomic E-state index is 3.83. The molecule has 0 aliphatic carbocycles. The molecule has 0 aliphatic heterocycles. The second kappa shape index (κ2) is 26.2. The van der Waals surface area contributed by atoms with Gasteiger partial charge in [0.05, 0.1) is 0 Å². The highest BCUT2D eigenvalue weighted by Gasteiger charge is 2.06. The molecule has 0 aliphatic rings. The van der Waals surface area contributed by atoms with Crippen LogP contribution in [0.4, 0.5) is 0 Å². The van der Waals surface area contributed by atoms with Gasteiger partial charge in [0.2, 0.25) is 0 Å². The Labute approximate surface area is 179 Å². The first kappa shape index (κ1) is 29.5. The third kappa shape index (κ3) is 24.2. The molecular weight excluding hydrogens is 350 g/mol. The molecule has 0 saturated heterocycles. The summed E-state index contributed by atoms with van der Waals surface area (Å²) in [6.07, 6.45) is 28.5. The van der Waals surface area contributed by atoms with Crippen LogP contribution < -0.4 is 5.32 Å². The molecular formula is C25H54ClN. The van der Waals surface area contributed by atoms with Gasteiger partial charge in [-0.2, -0.15) is 0 Å². The Morgan fingerprint density at radius 1 is 0.444 bits per heavy atom. The first-order valence-electron chi connectivity index (χ1n) is 12.6. The molecule has 0 unspecified atom stereocenters. The monoisotopic (exact) mass is 403 g/mol. The Morgan fingerprint density at radius 2 is 0.778 bits per heavy atom. The molecule has 0 radical (unpaired) electrons. The van der Waals surface area contributed by atoms with Crippen molar-refractivity contribution in [1.29, 1.82) is 0 Å². The van der Waals surface area contributed by atoms with Gasteiger partial charge in [-0.05, 0) is 25.8 Å². The number of hydrogen-bond donors (Lipinski definition) is 1. The number of halogens is 1. The van der Waals surface area contributed by atoms with Gasteiger partial charge in [-0.15, -0.1) is 12.4 Å². The van der Waals surface area contributed by atoms with E-state index in [0.717, 1.165) is 6.04 Å². The van der Waals surface area contributed by atoms with Crippen LogP contribution >= 0.6 is 12.4 Å². The predicted octanol–water partition coefficient (Wildman–Crippen LogP) is 9.23. The first-order valence-corrected chi connectivity index (χ1v) is 12.6. The molecule has 0 aromatic heterocycles. The standard InChI is InChI=1S/C25H53N.ClH/c1-4-7-10-11-12-13-14-15-16-17-18-19-20-21-24-26-25(22-8-5-2)23-9-6-3;/h25-26H,4-24H2,1-3H3;1H. The van der Waals surface area contributed by atoms with Gasteiger partial charge in [-0.1, -0.05) is 130 Å². The Hall–Kier alpha value is 0.250. The van der Waals surface area contributed by atoms with Crippen molar-refractivity contribution < 1.29 is 0 Å². The van der Waals surface area contributed by atoms with Crippen LogP contribution in [0.2, 0.25) is 0 Å². The second-order valence-electron chi connectivity index (χ2n) is 8.53. The Balaban J connectivity index is 0. The van der Waals surface area contributed by atoms with Crippen molar-refractivity contribution in [2.75, 3.05) is 6.54 Å². The van der Waals surface area contributed by atoms with Gasteiger partial charge in [0.1, 0.15) is 0 Å². The summed E-state index contributed by atoms with van der Waals surface area (Å²) >= 11 is 0. The molecule has 0 aromatic carbocycles. The van der Waals surface area contributed by atoms with E-state index in [1.807, 2.05) is 0 Å². The summed E-state index contributed by atoms with van der Waals surface area (Å²) in [5.41, 5.74) is 0. The lowest BCUT2D eigenvalue weighted by Gasteiger charge is -2.18. The molecule has 27 heavy (non-hydrogen) atoms. The average Bonchev–Trinajstić information content (AvgIpc) is 2.66. The zero-order chi connectivity index (χ0) is 19.1. The van der Waals surface area contributed by atoms with Gasteiger partial charge in [-0.3, -0.25) is 0 Å².